The minimum absolute atomic E-state index is 0.0321. The second-order valence-electron chi connectivity index (χ2n) is 2.71. The minimum atomic E-state index is -1.07. The highest BCUT2D eigenvalue weighted by Crippen LogP contribution is 1.97. The molecule has 6 heteroatoms. The largest absolute Gasteiger partial charge is 0.477 e. The Balaban J connectivity index is 2.47. The molecule has 0 unspecified atom stereocenters. The summed E-state index contributed by atoms with van der Waals surface area (Å²) in [5.41, 5.74) is -0.0321. The molecule has 0 saturated carbocycles. The molecule has 0 atom stereocenters. The maximum atomic E-state index is 10.6. The summed E-state index contributed by atoms with van der Waals surface area (Å²) in [4.78, 5) is 18.3. The molecule has 0 aromatic carbocycles. The van der Waals surface area contributed by atoms with Crippen LogP contribution >= 0.6 is 0 Å². The van der Waals surface area contributed by atoms with Gasteiger partial charge in [0.15, 0.2) is 11.5 Å². The second kappa shape index (κ2) is 6.05. The lowest BCUT2D eigenvalue weighted by Crippen LogP contribution is -2.08. The van der Waals surface area contributed by atoms with Crippen molar-refractivity contribution in [2.75, 3.05) is 20.3 Å². The lowest BCUT2D eigenvalue weighted by molar-refractivity contribution is 0.0579. The van der Waals surface area contributed by atoms with Crippen molar-refractivity contribution >= 4 is 5.97 Å². The van der Waals surface area contributed by atoms with E-state index in [4.69, 9.17) is 14.6 Å². The third-order valence-corrected chi connectivity index (χ3v) is 1.59. The van der Waals surface area contributed by atoms with Crippen LogP contribution in [-0.4, -0.2) is 41.4 Å². The van der Waals surface area contributed by atoms with Crippen molar-refractivity contribution in [2.24, 2.45) is 0 Å². The minimum Gasteiger partial charge on any atom is -0.477 e. The van der Waals surface area contributed by atoms with Gasteiger partial charge in [-0.3, -0.25) is 0 Å². The topological polar surface area (TPSA) is 81.5 Å². The zero-order valence-electron chi connectivity index (χ0n) is 8.34. The van der Waals surface area contributed by atoms with Crippen LogP contribution in [0.4, 0.5) is 0 Å². The predicted molar refractivity (Wildman–Crippen MR) is 50.5 cm³/mol. The molecule has 0 aliphatic rings. The van der Waals surface area contributed by atoms with E-state index in [1.54, 1.807) is 7.11 Å². The molecular weight excluding hydrogens is 200 g/mol. The van der Waals surface area contributed by atoms with E-state index in [1.807, 2.05) is 0 Å². The smallest absolute Gasteiger partial charge is 0.354 e. The third kappa shape index (κ3) is 4.01. The van der Waals surface area contributed by atoms with Crippen molar-refractivity contribution in [1.82, 2.24) is 9.97 Å². The third-order valence-electron chi connectivity index (χ3n) is 1.59. The number of hydrogen-bond acceptors (Lipinski definition) is 5. The lowest BCUT2D eigenvalue weighted by Gasteiger charge is -2.02. The fourth-order valence-corrected chi connectivity index (χ4v) is 0.893. The molecule has 0 radical (unpaired) electrons. The Kier molecular flexibility index (Phi) is 4.65. The maximum Gasteiger partial charge on any atom is 0.354 e. The van der Waals surface area contributed by atoms with E-state index in [1.165, 1.54) is 12.3 Å². The summed E-state index contributed by atoms with van der Waals surface area (Å²) in [6, 6.07) is 1.33. The number of carbonyl (C=O) groups is 1. The first-order chi connectivity index (χ1) is 7.24. The average Bonchev–Trinajstić information content (AvgIpc) is 2.25. The molecular formula is C9H12N2O4. The Labute approximate surface area is 86.9 Å². The number of hydrogen-bond donors (Lipinski definition) is 1. The fraction of sp³-hybridized carbons (Fsp3) is 0.444. The zero-order chi connectivity index (χ0) is 11.1. The van der Waals surface area contributed by atoms with Gasteiger partial charge in [0.2, 0.25) is 0 Å². The SMILES string of the molecule is COCCOCc1nccc(C(=O)O)n1. The molecule has 0 aliphatic heterocycles. The Morgan fingerprint density at radius 2 is 2.33 bits per heavy atom. The van der Waals surface area contributed by atoms with Crippen LogP contribution in [0.15, 0.2) is 12.3 Å². The van der Waals surface area contributed by atoms with Crippen LogP contribution in [0.1, 0.15) is 16.3 Å². The summed E-state index contributed by atoms with van der Waals surface area (Å²) in [5, 5.41) is 8.67. The van der Waals surface area contributed by atoms with Crippen molar-refractivity contribution in [2.45, 2.75) is 6.61 Å². The molecule has 0 saturated heterocycles. The van der Waals surface area contributed by atoms with Crippen LogP contribution < -0.4 is 0 Å². The molecule has 0 fully saturated rings. The van der Waals surface area contributed by atoms with E-state index >= 15 is 0 Å². The zero-order valence-corrected chi connectivity index (χ0v) is 8.34. The van der Waals surface area contributed by atoms with Gasteiger partial charge in [0, 0.05) is 13.3 Å². The molecule has 1 aromatic rings. The Hall–Kier alpha value is -1.53. The van der Waals surface area contributed by atoms with Crippen molar-refractivity contribution in [3.05, 3.63) is 23.8 Å². The highest BCUT2D eigenvalue weighted by Gasteiger charge is 2.05. The summed E-state index contributed by atoms with van der Waals surface area (Å²) < 4.78 is 9.93. The lowest BCUT2D eigenvalue weighted by atomic mass is 10.4. The summed E-state index contributed by atoms with van der Waals surface area (Å²) in [6.07, 6.45) is 1.39. The maximum absolute atomic E-state index is 10.6. The van der Waals surface area contributed by atoms with Crippen molar-refractivity contribution in [1.29, 1.82) is 0 Å². The summed E-state index contributed by atoms with van der Waals surface area (Å²) >= 11 is 0. The van der Waals surface area contributed by atoms with E-state index in [-0.39, 0.29) is 12.3 Å². The Morgan fingerprint density at radius 3 is 3.00 bits per heavy atom. The second-order valence-corrected chi connectivity index (χ2v) is 2.71. The Morgan fingerprint density at radius 1 is 1.53 bits per heavy atom. The predicted octanol–water partition coefficient (Wildman–Crippen LogP) is 0.338. The van der Waals surface area contributed by atoms with Gasteiger partial charge in [0.25, 0.3) is 0 Å². The van der Waals surface area contributed by atoms with Crippen molar-refractivity contribution in [3.8, 4) is 0 Å². The number of rotatable bonds is 6. The molecule has 0 aliphatic carbocycles. The highest BCUT2D eigenvalue weighted by atomic mass is 16.5. The Bertz CT molecular complexity index is 330. The number of carboxylic acid groups (broad SMARTS) is 1. The number of ether oxygens (including phenoxy) is 2. The van der Waals surface area contributed by atoms with Crippen molar-refractivity contribution < 1.29 is 19.4 Å². The standard InChI is InChI=1S/C9H12N2O4/c1-14-4-5-15-6-8-10-3-2-7(11-8)9(12)13/h2-3H,4-6H2,1H3,(H,12,13). The molecule has 6 nitrogen and oxygen atoms in total. The summed E-state index contributed by atoms with van der Waals surface area (Å²) in [6.45, 7) is 1.10. The van der Waals surface area contributed by atoms with E-state index in [2.05, 4.69) is 9.97 Å². The van der Waals surface area contributed by atoms with Crippen LogP contribution in [0, 0.1) is 0 Å². The van der Waals surface area contributed by atoms with Gasteiger partial charge in [-0.2, -0.15) is 0 Å². The van der Waals surface area contributed by atoms with Crippen LogP contribution in [-0.2, 0) is 16.1 Å². The van der Waals surface area contributed by atoms with Gasteiger partial charge in [0.1, 0.15) is 6.61 Å². The monoisotopic (exact) mass is 212 g/mol. The molecule has 1 aromatic heterocycles. The fourth-order valence-electron chi connectivity index (χ4n) is 0.893. The molecule has 1 heterocycles. The average molecular weight is 212 g/mol. The molecule has 1 rings (SSSR count). The van der Waals surface area contributed by atoms with Gasteiger partial charge in [-0.15, -0.1) is 0 Å². The first-order valence-electron chi connectivity index (χ1n) is 4.36. The number of nitrogens with zero attached hydrogens (tertiary/aromatic N) is 2. The number of aromatic carboxylic acids is 1. The van der Waals surface area contributed by atoms with Gasteiger partial charge < -0.3 is 14.6 Å². The highest BCUT2D eigenvalue weighted by molar-refractivity contribution is 5.85. The first-order valence-corrected chi connectivity index (χ1v) is 4.36. The molecule has 82 valence electrons. The van der Waals surface area contributed by atoms with Gasteiger partial charge in [-0.25, -0.2) is 14.8 Å². The number of aromatic nitrogens is 2. The summed E-state index contributed by atoms with van der Waals surface area (Å²) in [7, 11) is 1.57. The van der Waals surface area contributed by atoms with Gasteiger partial charge in [0.05, 0.1) is 13.2 Å². The van der Waals surface area contributed by atoms with E-state index in [0.29, 0.717) is 19.0 Å². The molecule has 0 amide bonds. The van der Waals surface area contributed by atoms with Crippen LogP contribution in [0.25, 0.3) is 0 Å². The van der Waals surface area contributed by atoms with E-state index in [9.17, 15) is 4.79 Å². The van der Waals surface area contributed by atoms with Crippen molar-refractivity contribution in [3.63, 3.8) is 0 Å². The van der Waals surface area contributed by atoms with E-state index in [0.717, 1.165) is 0 Å². The number of carboxylic acids is 1. The number of methoxy groups -OCH3 is 1. The first kappa shape index (κ1) is 11.5. The molecule has 0 spiro atoms. The van der Waals surface area contributed by atoms with Crippen LogP contribution in [0.3, 0.4) is 0 Å². The van der Waals surface area contributed by atoms with Gasteiger partial charge in [-0.1, -0.05) is 0 Å². The molecule has 0 bridgehead atoms. The molecule has 15 heavy (non-hydrogen) atoms. The van der Waals surface area contributed by atoms with Crippen LogP contribution in [0.5, 0.6) is 0 Å². The van der Waals surface area contributed by atoms with Gasteiger partial charge >= 0.3 is 5.97 Å². The molecule has 1 N–H and O–H groups in total. The quantitative estimate of drug-likeness (QED) is 0.684. The van der Waals surface area contributed by atoms with Gasteiger partial charge in [-0.05, 0) is 6.07 Å². The normalized spacial score (nSPS) is 10.2. The summed E-state index contributed by atoms with van der Waals surface area (Å²) in [5.74, 6) is -0.721. The van der Waals surface area contributed by atoms with E-state index < -0.39 is 5.97 Å². The van der Waals surface area contributed by atoms with Crippen LogP contribution in [0.2, 0.25) is 0 Å².